The smallest absolute Gasteiger partial charge is 0.225 e. The summed E-state index contributed by atoms with van der Waals surface area (Å²) in [6.07, 6.45) is 0.437. The van der Waals surface area contributed by atoms with Gasteiger partial charge < -0.3 is 15.0 Å². The third kappa shape index (κ3) is 4.33. The second-order valence-corrected chi connectivity index (χ2v) is 9.94. The number of sulfone groups is 1. The zero-order valence-corrected chi connectivity index (χ0v) is 18.3. The Morgan fingerprint density at radius 1 is 1.20 bits per heavy atom. The minimum atomic E-state index is -3.70. The van der Waals surface area contributed by atoms with Gasteiger partial charge in [0, 0.05) is 30.8 Å². The summed E-state index contributed by atoms with van der Waals surface area (Å²) in [4.78, 5) is 26.1. The summed E-state index contributed by atoms with van der Waals surface area (Å²) in [6, 6.07) is 11.6. The SMILES string of the molecule is COc1ccc(NC(=O)C[C@H](C)S(=O)(=O)c2ccc3c(c2)C[C@H](C)N3C(C)=O)cc1. The standard InChI is InChI=1S/C22H26N2O5S/c1-14-11-17-13-20(9-10-21(17)24(14)16(3)25)30(27,28)15(2)12-22(26)23-18-5-7-19(29-4)8-6-18/h5-10,13-15H,11-12H2,1-4H3,(H,23,26)/t14-,15-/m0/s1. The van der Waals surface area contributed by atoms with Gasteiger partial charge in [-0.15, -0.1) is 0 Å². The van der Waals surface area contributed by atoms with Gasteiger partial charge in [-0.1, -0.05) is 0 Å². The van der Waals surface area contributed by atoms with Crippen LogP contribution in [0, 0.1) is 0 Å². The van der Waals surface area contributed by atoms with Crippen molar-refractivity contribution < 1.29 is 22.7 Å². The van der Waals surface area contributed by atoms with Crippen LogP contribution >= 0.6 is 0 Å². The molecule has 1 aliphatic heterocycles. The Labute approximate surface area is 177 Å². The molecule has 1 heterocycles. The molecule has 0 bridgehead atoms. The molecule has 2 atom stereocenters. The predicted octanol–water partition coefficient (Wildman–Crippen LogP) is 3.18. The average Bonchev–Trinajstić information content (AvgIpc) is 3.03. The molecule has 0 saturated heterocycles. The zero-order chi connectivity index (χ0) is 22.1. The first kappa shape index (κ1) is 21.8. The van der Waals surface area contributed by atoms with Crippen molar-refractivity contribution in [2.45, 2.75) is 49.8 Å². The van der Waals surface area contributed by atoms with E-state index >= 15 is 0 Å². The summed E-state index contributed by atoms with van der Waals surface area (Å²) in [6.45, 7) is 4.96. The minimum Gasteiger partial charge on any atom is -0.497 e. The molecule has 3 rings (SSSR count). The number of ether oxygens (including phenoxy) is 1. The van der Waals surface area contributed by atoms with Crippen molar-refractivity contribution in [2.75, 3.05) is 17.3 Å². The van der Waals surface area contributed by atoms with Crippen molar-refractivity contribution >= 4 is 33.0 Å². The lowest BCUT2D eigenvalue weighted by molar-refractivity contribution is -0.117. The first-order chi connectivity index (χ1) is 14.1. The lowest BCUT2D eigenvalue weighted by atomic mass is 10.1. The Morgan fingerprint density at radius 2 is 1.87 bits per heavy atom. The van der Waals surface area contributed by atoms with Crippen LogP contribution in [-0.4, -0.2) is 38.6 Å². The van der Waals surface area contributed by atoms with Gasteiger partial charge in [-0.3, -0.25) is 9.59 Å². The van der Waals surface area contributed by atoms with Gasteiger partial charge >= 0.3 is 0 Å². The lowest BCUT2D eigenvalue weighted by Gasteiger charge is -2.20. The summed E-state index contributed by atoms with van der Waals surface area (Å²) in [7, 11) is -2.15. The number of methoxy groups -OCH3 is 1. The number of carbonyl (C=O) groups is 2. The highest BCUT2D eigenvalue weighted by Gasteiger charge is 2.32. The Balaban J connectivity index is 1.72. The number of hydrogen-bond acceptors (Lipinski definition) is 5. The van der Waals surface area contributed by atoms with E-state index in [9.17, 15) is 18.0 Å². The fourth-order valence-electron chi connectivity index (χ4n) is 3.75. The molecule has 0 radical (unpaired) electrons. The van der Waals surface area contributed by atoms with Gasteiger partial charge in [0.25, 0.3) is 0 Å². The molecule has 0 spiro atoms. The topological polar surface area (TPSA) is 92.8 Å². The third-order valence-corrected chi connectivity index (χ3v) is 7.45. The fourth-order valence-corrected chi connectivity index (χ4v) is 5.15. The fraction of sp³-hybridized carbons (Fsp3) is 0.364. The van der Waals surface area contributed by atoms with E-state index in [1.807, 2.05) is 6.92 Å². The van der Waals surface area contributed by atoms with E-state index in [1.165, 1.54) is 19.9 Å². The van der Waals surface area contributed by atoms with Crippen molar-refractivity contribution in [1.82, 2.24) is 0 Å². The van der Waals surface area contributed by atoms with Gasteiger partial charge in [0.05, 0.1) is 17.3 Å². The van der Waals surface area contributed by atoms with Gasteiger partial charge in [0.1, 0.15) is 5.75 Å². The highest BCUT2D eigenvalue weighted by atomic mass is 32.2. The van der Waals surface area contributed by atoms with Crippen LogP contribution in [0.2, 0.25) is 0 Å². The normalized spacial score (nSPS) is 16.7. The van der Waals surface area contributed by atoms with Gasteiger partial charge in [0.2, 0.25) is 11.8 Å². The molecule has 7 nitrogen and oxygen atoms in total. The molecule has 160 valence electrons. The minimum absolute atomic E-state index is 0.0110. The summed E-state index contributed by atoms with van der Waals surface area (Å²) in [5, 5.41) is 1.82. The van der Waals surface area contributed by atoms with E-state index in [-0.39, 0.29) is 29.2 Å². The van der Waals surface area contributed by atoms with Gasteiger partial charge in [-0.25, -0.2) is 8.42 Å². The first-order valence-electron chi connectivity index (χ1n) is 9.74. The third-order valence-electron chi connectivity index (χ3n) is 5.31. The number of anilines is 2. The molecule has 2 aromatic carbocycles. The van der Waals surface area contributed by atoms with Crippen molar-refractivity contribution in [2.24, 2.45) is 0 Å². The molecule has 0 fully saturated rings. The van der Waals surface area contributed by atoms with Crippen LogP contribution in [0.1, 0.15) is 32.8 Å². The molecule has 30 heavy (non-hydrogen) atoms. The number of hydrogen-bond donors (Lipinski definition) is 1. The largest absolute Gasteiger partial charge is 0.497 e. The van der Waals surface area contributed by atoms with Gasteiger partial charge in [-0.2, -0.15) is 0 Å². The van der Waals surface area contributed by atoms with Gasteiger partial charge in [-0.05, 0) is 68.3 Å². The zero-order valence-electron chi connectivity index (χ0n) is 17.5. The molecule has 1 aliphatic rings. The average molecular weight is 431 g/mol. The molecule has 2 amide bonds. The number of carbonyl (C=O) groups excluding carboxylic acids is 2. The van der Waals surface area contributed by atoms with Crippen molar-refractivity contribution in [3.63, 3.8) is 0 Å². The van der Waals surface area contributed by atoms with Crippen LogP contribution in [-0.2, 0) is 25.8 Å². The van der Waals surface area contributed by atoms with Gasteiger partial charge in [0.15, 0.2) is 9.84 Å². The summed E-state index contributed by atoms with van der Waals surface area (Å²) >= 11 is 0. The maximum atomic E-state index is 13.0. The van der Waals surface area contributed by atoms with E-state index in [4.69, 9.17) is 4.74 Å². The first-order valence-corrected chi connectivity index (χ1v) is 11.3. The highest BCUT2D eigenvalue weighted by molar-refractivity contribution is 7.92. The molecule has 0 unspecified atom stereocenters. The van der Waals surface area contributed by atoms with Crippen LogP contribution in [0.25, 0.3) is 0 Å². The van der Waals surface area contributed by atoms with Crippen LogP contribution in [0.4, 0.5) is 11.4 Å². The Morgan fingerprint density at radius 3 is 2.47 bits per heavy atom. The summed E-state index contributed by atoms with van der Waals surface area (Å²) < 4.78 is 31.1. The quantitative estimate of drug-likeness (QED) is 0.760. The van der Waals surface area contributed by atoms with Crippen LogP contribution < -0.4 is 15.0 Å². The van der Waals surface area contributed by atoms with E-state index < -0.39 is 15.1 Å². The highest BCUT2D eigenvalue weighted by Crippen LogP contribution is 2.34. The molecular formula is C22H26N2O5S. The molecule has 2 aromatic rings. The van der Waals surface area contributed by atoms with Crippen molar-refractivity contribution in [3.8, 4) is 5.75 Å². The monoisotopic (exact) mass is 430 g/mol. The Kier molecular flexibility index (Phi) is 6.17. The van der Waals surface area contributed by atoms with E-state index in [1.54, 1.807) is 48.4 Å². The number of rotatable bonds is 6. The van der Waals surface area contributed by atoms with Crippen molar-refractivity contribution in [1.29, 1.82) is 0 Å². The number of benzene rings is 2. The maximum absolute atomic E-state index is 13.0. The number of nitrogens with one attached hydrogen (secondary N) is 1. The van der Waals surface area contributed by atoms with Crippen LogP contribution in [0.15, 0.2) is 47.4 Å². The molecule has 8 heteroatoms. The van der Waals surface area contributed by atoms with E-state index in [0.717, 1.165) is 11.3 Å². The van der Waals surface area contributed by atoms with Crippen LogP contribution in [0.5, 0.6) is 5.75 Å². The molecule has 0 aliphatic carbocycles. The van der Waals surface area contributed by atoms with E-state index in [2.05, 4.69) is 5.32 Å². The van der Waals surface area contributed by atoms with E-state index in [0.29, 0.717) is 17.9 Å². The maximum Gasteiger partial charge on any atom is 0.225 e. The summed E-state index contributed by atoms with van der Waals surface area (Å²) in [5.41, 5.74) is 2.15. The Hall–Kier alpha value is -2.87. The molecule has 1 N–H and O–H groups in total. The Bertz CT molecular complexity index is 1060. The molecule has 0 saturated carbocycles. The number of amides is 2. The lowest BCUT2D eigenvalue weighted by Crippen LogP contribution is -2.33. The predicted molar refractivity (Wildman–Crippen MR) is 116 cm³/mol. The number of fused-ring (bicyclic) bond motifs is 1. The number of nitrogens with zero attached hydrogens (tertiary/aromatic N) is 1. The van der Waals surface area contributed by atoms with Crippen LogP contribution in [0.3, 0.4) is 0 Å². The molecular weight excluding hydrogens is 404 g/mol. The second kappa shape index (κ2) is 8.47. The second-order valence-electron chi connectivity index (χ2n) is 7.57. The summed E-state index contributed by atoms with van der Waals surface area (Å²) in [5.74, 6) is 0.215. The molecule has 0 aromatic heterocycles. The van der Waals surface area contributed by atoms with Crippen molar-refractivity contribution in [3.05, 3.63) is 48.0 Å².